The molecule has 10 atom stereocenters. The molecule has 12 heteroatoms. The molecule has 0 radical (unpaired) electrons. The fraction of sp³-hybridized carbons (Fsp3) is 0.950. The topological polar surface area (TPSA) is 213 Å². The number of methoxy groups -OCH3 is 1. The number of ether oxygens (including phenoxy) is 3. The Hall–Kier alpha value is -0.930. The molecule has 0 bridgehead atoms. The Morgan fingerprint density at radius 2 is 1.94 bits per heavy atom. The van der Waals surface area contributed by atoms with E-state index < -0.39 is 48.8 Å². The highest BCUT2D eigenvalue weighted by molar-refractivity contribution is 5.76. The normalized spacial score (nSPS) is 38.9. The summed E-state index contributed by atoms with van der Waals surface area (Å²) in [5, 5.41) is 27.4. The minimum Gasteiger partial charge on any atom is -0.389 e. The molecule has 0 aromatic rings. The molecule has 1 aliphatic heterocycles. The zero-order valence-corrected chi connectivity index (χ0v) is 19.1. The maximum atomic E-state index is 12.5. The number of nitrogens with one attached hydrogen (secondary N) is 2. The lowest BCUT2D eigenvalue weighted by molar-refractivity contribution is -0.262. The van der Waals surface area contributed by atoms with Gasteiger partial charge in [-0.1, -0.05) is 0 Å². The monoisotopic (exact) mass is 462 g/mol. The van der Waals surface area contributed by atoms with Crippen molar-refractivity contribution in [3.8, 4) is 0 Å². The number of amides is 1. The van der Waals surface area contributed by atoms with E-state index in [1.54, 1.807) is 7.05 Å². The first-order chi connectivity index (χ1) is 15.3. The number of hydrogen-bond acceptors (Lipinski definition) is 11. The molecule has 0 aromatic carbocycles. The van der Waals surface area contributed by atoms with Crippen LogP contribution >= 0.6 is 0 Å². The van der Waals surface area contributed by atoms with E-state index in [1.165, 1.54) is 7.11 Å². The van der Waals surface area contributed by atoms with Crippen molar-refractivity contribution in [2.45, 2.75) is 93.1 Å². The number of carbonyl (C=O) groups is 1. The fourth-order valence-corrected chi connectivity index (χ4v) is 4.48. The van der Waals surface area contributed by atoms with Gasteiger partial charge in [0, 0.05) is 26.1 Å². The summed E-state index contributed by atoms with van der Waals surface area (Å²) in [5.74, 6) is -0.219. The number of carbonyl (C=O) groups excluding carboxylic acids is 1. The minimum atomic E-state index is -1.08. The van der Waals surface area contributed by atoms with Gasteiger partial charge in [0.2, 0.25) is 5.91 Å². The van der Waals surface area contributed by atoms with Crippen molar-refractivity contribution in [2.75, 3.05) is 27.2 Å². The summed E-state index contributed by atoms with van der Waals surface area (Å²) in [5.41, 5.74) is 23.5. The Morgan fingerprint density at radius 1 is 1.22 bits per heavy atom. The summed E-state index contributed by atoms with van der Waals surface area (Å²) in [7, 11) is 3.10. The summed E-state index contributed by atoms with van der Waals surface area (Å²) in [6.07, 6.45) is -2.18. The highest BCUT2D eigenvalue weighted by Gasteiger charge is 2.50. The van der Waals surface area contributed by atoms with Crippen molar-refractivity contribution in [1.82, 2.24) is 10.6 Å². The smallest absolute Gasteiger partial charge is 0.221 e. The van der Waals surface area contributed by atoms with E-state index in [9.17, 15) is 15.0 Å². The van der Waals surface area contributed by atoms with E-state index in [2.05, 4.69) is 10.6 Å². The molecule has 0 unspecified atom stereocenters. The van der Waals surface area contributed by atoms with Gasteiger partial charge in [0.15, 0.2) is 6.29 Å². The van der Waals surface area contributed by atoms with Gasteiger partial charge < -0.3 is 58.0 Å². The van der Waals surface area contributed by atoms with Gasteiger partial charge in [-0.3, -0.25) is 4.79 Å². The standard InChI is InChI=1S/C20H42N6O6/c1-25-15-17(29)18(14(24)16(28)19(15)30-2)32-20-12(6-5-11(9-22)31-20)26-13(27)8-10(23)4-3-7-21/h10-12,14-20,25,28-29H,3-9,21-24H2,1-2H3,(H,26,27)/t10-,11+,12+,14-,15-,16-,17+,18-,19+,20+/m0/s1. The number of aliphatic hydroxyl groups excluding tert-OH is 2. The van der Waals surface area contributed by atoms with Gasteiger partial charge in [0.25, 0.3) is 0 Å². The average molecular weight is 463 g/mol. The van der Waals surface area contributed by atoms with Gasteiger partial charge in [-0.25, -0.2) is 0 Å². The first kappa shape index (κ1) is 27.3. The molecule has 32 heavy (non-hydrogen) atoms. The molecule has 2 rings (SSSR count). The van der Waals surface area contributed by atoms with Crippen LogP contribution in [0.25, 0.3) is 0 Å². The van der Waals surface area contributed by atoms with Crippen LogP contribution in [0.1, 0.15) is 32.1 Å². The van der Waals surface area contributed by atoms with Crippen LogP contribution in [0.15, 0.2) is 0 Å². The third kappa shape index (κ3) is 6.79. The summed E-state index contributed by atoms with van der Waals surface area (Å²) in [6.45, 7) is 0.812. The second-order valence-corrected chi connectivity index (χ2v) is 8.68. The van der Waals surface area contributed by atoms with Gasteiger partial charge >= 0.3 is 0 Å². The highest BCUT2D eigenvalue weighted by Crippen LogP contribution is 2.29. The molecular weight excluding hydrogens is 420 g/mol. The Balaban J connectivity index is 2.09. The number of hydrogen-bond donors (Lipinski definition) is 8. The number of likely N-dealkylation sites (N-methyl/N-ethyl adjacent to an activating group) is 1. The summed E-state index contributed by atoms with van der Waals surface area (Å²) < 4.78 is 17.4. The lowest BCUT2D eigenvalue weighted by Gasteiger charge is -2.48. The molecular formula is C20H42N6O6. The first-order valence-corrected chi connectivity index (χ1v) is 11.3. The SMILES string of the molecule is CN[C@H]1[C@@H](O)[C@@H](O[C@H]2O[C@@H](CN)CC[C@H]2NC(=O)C[C@@H](N)CCCN)[C@@H](N)[C@H](O)[C@@H]1OC. The first-order valence-electron chi connectivity index (χ1n) is 11.3. The second-order valence-electron chi connectivity index (χ2n) is 8.68. The van der Waals surface area contributed by atoms with E-state index in [0.717, 1.165) is 6.42 Å². The summed E-state index contributed by atoms with van der Waals surface area (Å²) >= 11 is 0. The number of nitrogens with two attached hydrogens (primary N) is 4. The van der Waals surface area contributed by atoms with Crippen LogP contribution in [-0.2, 0) is 19.0 Å². The lowest BCUT2D eigenvalue weighted by Crippen LogP contribution is -2.71. The predicted molar refractivity (Wildman–Crippen MR) is 118 cm³/mol. The Morgan fingerprint density at radius 3 is 2.53 bits per heavy atom. The van der Waals surface area contributed by atoms with Gasteiger partial charge in [0.1, 0.15) is 12.2 Å². The highest BCUT2D eigenvalue weighted by atomic mass is 16.7. The van der Waals surface area contributed by atoms with E-state index in [0.29, 0.717) is 25.8 Å². The van der Waals surface area contributed by atoms with Crippen LogP contribution < -0.4 is 33.6 Å². The molecule has 0 aromatic heterocycles. The summed E-state index contributed by atoms with van der Waals surface area (Å²) in [4.78, 5) is 12.5. The Labute approximate surface area is 189 Å². The molecule has 2 fully saturated rings. The van der Waals surface area contributed by atoms with Crippen molar-refractivity contribution in [1.29, 1.82) is 0 Å². The van der Waals surface area contributed by atoms with E-state index >= 15 is 0 Å². The van der Waals surface area contributed by atoms with Crippen LogP contribution in [0.5, 0.6) is 0 Å². The molecule has 12 nitrogen and oxygen atoms in total. The maximum absolute atomic E-state index is 12.5. The van der Waals surface area contributed by atoms with Crippen molar-refractivity contribution in [2.24, 2.45) is 22.9 Å². The molecule has 1 heterocycles. The third-order valence-electron chi connectivity index (χ3n) is 6.36. The molecule has 1 aliphatic carbocycles. The van der Waals surface area contributed by atoms with Crippen molar-refractivity contribution in [3.05, 3.63) is 0 Å². The fourth-order valence-electron chi connectivity index (χ4n) is 4.48. The second kappa shape index (κ2) is 13.1. The average Bonchev–Trinajstić information content (AvgIpc) is 2.78. The number of aliphatic hydroxyl groups is 2. The van der Waals surface area contributed by atoms with E-state index in [1.807, 2.05) is 0 Å². The van der Waals surface area contributed by atoms with Gasteiger partial charge in [-0.15, -0.1) is 0 Å². The molecule has 2 aliphatic rings. The Bertz CT molecular complexity index is 575. The van der Waals surface area contributed by atoms with Crippen LogP contribution in [-0.4, -0.2) is 104 Å². The zero-order valence-electron chi connectivity index (χ0n) is 19.1. The minimum absolute atomic E-state index is 0.158. The maximum Gasteiger partial charge on any atom is 0.221 e. The van der Waals surface area contributed by atoms with Crippen molar-refractivity contribution in [3.63, 3.8) is 0 Å². The van der Waals surface area contributed by atoms with Gasteiger partial charge in [-0.2, -0.15) is 0 Å². The molecule has 188 valence electrons. The van der Waals surface area contributed by atoms with Crippen LogP contribution in [0.3, 0.4) is 0 Å². The van der Waals surface area contributed by atoms with E-state index in [4.69, 9.17) is 37.1 Å². The van der Waals surface area contributed by atoms with Crippen molar-refractivity contribution >= 4 is 5.91 Å². The van der Waals surface area contributed by atoms with Gasteiger partial charge in [0.05, 0.1) is 36.4 Å². The Kier molecular flexibility index (Phi) is 11.2. The molecule has 0 spiro atoms. The molecule has 12 N–H and O–H groups in total. The van der Waals surface area contributed by atoms with Gasteiger partial charge in [-0.05, 0) is 39.3 Å². The molecule has 1 saturated carbocycles. The quantitative estimate of drug-likeness (QED) is 0.150. The van der Waals surface area contributed by atoms with Crippen molar-refractivity contribution < 1.29 is 29.2 Å². The molecule has 1 amide bonds. The lowest BCUT2D eigenvalue weighted by atomic mass is 9.81. The van der Waals surface area contributed by atoms with Crippen LogP contribution in [0, 0.1) is 0 Å². The van der Waals surface area contributed by atoms with Crippen LogP contribution in [0.2, 0.25) is 0 Å². The summed E-state index contributed by atoms with van der Waals surface area (Å²) in [6, 6.07) is -2.30. The van der Waals surface area contributed by atoms with E-state index in [-0.39, 0.29) is 31.0 Å². The largest absolute Gasteiger partial charge is 0.389 e. The third-order valence-corrected chi connectivity index (χ3v) is 6.36. The zero-order chi connectivity index (χ0) is 23.8. The molecule has 1 saturated heterocycles. The van der Waals surface area contributed by atoms with Crippen LogP contribution in [0.4, 0.5) is 0 Å². The number of rotatable bonds is 11. The predicted octanol–water partition coefficient (Wildman–Crippen LogP) is -3.56.